The van der Waals surface area contributed by atoms with Crippen LogP contribution in [0.25, 0.3) is 0 Å². The molecule has 4 nitrogen and oxygen atoms in total. The van der Waals surface area contributed by atoms with Crippen LogP contribution in [0.3, 0.4) is 0 Å². The lowest BCUT2D eigenvalue weighted by atomic mass is 10.1. The second-order valence-corrected chi connectivity index (χ2v) is 4.96. The third-order valence-electron chi connectivity index (χ3n) is 3.78. The zero-order chi connectivity index (χ0) is 13.7. The van der Waals surface area contributed by atoms with Gasteiger partial charge in [-0.15, -0.1) is 0 Å². The Bertz CT molecular complexity index is 428. The minimum absolute atomic E-state index is 0.208. The number of ether oxygens (including phenoxy) is 1. The standard InChI is InChI=1S/C15H22N2O2/c1-17(13-9-10-16-11-13)15(18)8-7-12-5-3-4-6-14(12)19-2/h3-6,13,16H,7-11H2,1-2H3. The van der Waals surface area contributed by atoms with Crippen LogP contribution in [-0.2, 0) is 11.2 Å². The summed E-state index contributed by atoms with van der Waals surface area (Å²) < 4.78 is 5.30. The van der Waals surface area contributed by atoms with Crippen LogP contribution >= 0.6 is 0 Å². The molecule has 0 bridgehead atoms. The van der Waals surface area contributed by atoms with E-state index in [2.05, 4.69) is 5.32 Å². The van der Waals surface area contributed by atoms with Gasteiger partial charge in [-0.3, -0.25) is 4.79 Å². The summed E-state index contributed by atoms with van der Waals surface area (Å²) in [4.78, 5) is 14.0. The summed E-state index contributed by atoms with van der Waals surface area (Å²) in [7, 11) is 3.57. The van der Waals surface area contributed by atoms with Crippen LogP contribution in [0.2, 0.25) is 0 Å². The van der Waals surface area contributed by atoms with Gasteiger partial charge in [0, 0.05) is 26.1 Å². The van der Waals surface area contributed by atoms with E-state index in [0.717, 1.165) is 37.2 Å². The first-order valence-electron chi connectivity index (χ1n) is 6.80. The van der Waals surface area contributed by atoms with Crippen molar-refractivity contribution < 1.29 is 9.53 Å². The molecule has 4 heteroatoms. The Kier molecular flexibility index (Phi) is 4.80. The highest BCUT2D eigenvalue weighted by molar-refractivity contribution is 5.76. The Hall–Kier alpha value is -1.55. The zero-order valence-electron chi connectivity index (χ0n) is 11.7. The molecule has 1 aromatic carbocycles. The fourth-order valence-electron chi connectivity index (χ4n) is 2.50. The third-order valence-corrected chi connectivity index (χ3v) is 3.78. The van der Waals surface area contributed by atoms with Crippen molar-refractivity contribution in [2.75, 3.05) is 27.2 Å². The Labute approximate surface area is 114 Å². The van der Waals surface area contributed by atoms with E-state index in [9.17, 15) is 4.79 Å². The average Bonchev–Trinajstić information content (AvgIpc) is 2.98. The van der Waals surface area contributed by atoms with Crippen molar-refractivity contribution in [2.45, 2.75) is 25.3 Å². The first-order chi connectivity index (χ1) is 9.22. The molecule has 0 aliphatic carbocycles. The smallest absolute Gasteiger partial charge is 0.222 e. The molecule has 1 atom stereocenters. The Balaban J connectivity index is 1.89. The van der Waals surface area contributed by atoms with Gasteiger partial charge in [-0.25, -0.2) is 0 Å². The summed E-state index contributed by atoms with van der Waals surface area (Å²) in [5, 5.41) is 3.29. The highest BCUT2D eigenvalue weighted by Crippen LogP contribution is 2.19. The number of nitrogens with one attached hydrogen (secondary N) is 1. The summed E-state index contributed by atoms with van der Waals surface area (Å²) in [6, 6.07) is 8.23. The monoisotopic (exact) mass is 262 g/mol. The number of aryl methyl sites for hydroxylation is 1. The Morgan fingerprint density at radius 1 is 1.47 bits per heavy atom. The molecule has 0 saturated carbocycles. The highest BCUT2D eigenvalue weighted by atomic mass is 16.5. The fraction of sp³-hybridized carbons (Fsp3) is 0.533. The molecule has 1 heterocycles. The number of nitrogens with zero attached hydrogens (tertiary/aromatic N) is 1. The molecule has 1 aliphatic heterocycles. The molecule has 1 amide bonds. The van der Waals surface area contributed by atoms with Crippen LogP contribution in [0.1, 0.15) is 18.4 Å². The lowest BCUT2D eigenvalue weighted by Crippen LogP contribution is -2.38. The minimum Gasteiger partial charge on any atom is -0.496 e. The molecule has 1 aromatic rings. The number of carbonyl (C=O) groups excluding carboxylic acids is 1. The molecule has 1 saturated heterocycles. The van der Waals surface area contributed by atoms with Crippen molar-refractivity contribution in [1.29, 1.82) is 0 Å². The fourth-order valence-corrected chi connectivity index (χ4v) is 2.50. The minimum atomic E-state index is 0.208. The number of carbonyl (C=O) groups is 1. The number of benzene rings is 1. The Morgan fingerprint density at radius 3 is 2.95 bits per heavy atom. The van der Waals surface area contributed by atoms with E-state index in [0.29, 0.717) is 12.5 Å². The van der Waals surface area contributed by atoms with Gasteiger partial charge in [0.15, 0.2) is 0 Å². The first kappa shape index (κ1) is 13.9. The molecule has 0 radical (unpaired) electrons. The summed E-state index contributed by atoms with van der Waals surface area (Å²) in [5.41, 5.74) is 1.09. The lowest BCUT2D eigenvalue weighted by molar-refractivity contribution is -0.131. The maximum atomic E-state index is 12.2. The van der Waals surface area contributed by atoms with Crippen molar-refractivity contribution in [2.24, 2.45) is 0 Å². The summed E-state index contributed by atoms with van der Waals surface area (Å²) in [6.45, 7) is 1.92. The molecule has 19 heavy (non-hydrogen) atoms. The van der Waals surface area contributed by atoms with Crippen LogP contribution in [-0.4, -0.2) is 44.1 Å². The van der Waals surface area contributed by atoms with E-state index in [1.165, 1.54) is 0 Å². The molecule has 1 aliphatic rings. The highest BCUT2D eigenvalue weighted by Gasteiger charge is 2.22. The van der Waals surface area contributed by atoms with Gasteiger partial charge in [0.2, 0.25) is 5.91 Å². The van der Waals surface area contributed by atoms with Crippen molar-refractivity contribution in [3.63, 3.8) is 0 Å². The predicted octanol–water partition coefficient (Wildman–Crippen LogP) is 1.45. The number of rotatable bonds is 5. The molecule has 1 fully saturated rings. The molecule has 1 unspecified atom stereocenters. The Morgan fingerprint density at radius 2 is 2.26 bits per heavy atom. The number of para-hydroxylation sites is 1. The van der Waals surface area contributed by atoms with E-state index in [-0.39, 0.29) is 5.91 Å². The quantitative estimate of drug-likeness (QED) is 0.873. The predicted molar refractivity (Wildman–Crippen MR) is 75.4 cm³/mol. The molecular weight excluding hydrogens is 240 g/mol. The topological polar surface area (TPSA) is 41.6 Å². The number of hydrogen-bond acceptors (Lipinski definition) is 3. The lowest BCUT2D eigenvalue weighted by Gasteiger charge is -2.23. The summed E-state index contributed by atoms with van der Waals surface area (Å²) in [5.74, 6) is 1.07. The normalized spacial score (nSPS) is 18.3. The molecule has 104 valence electrons. The first-order valence-corrected chi connectivity index (χ1v) is 6.80. The van der Waals surface area contributed by atoms with Crippen LogP contribution in [0, 0.1) is 0 Å². The van der Waals surface area contributed by atoms with Crippen LogP contribution in [0.15, 0.2) is 24.3 Å². The summed E-state index contributed by atoms with van der Waals surface area (Å²) in [6.07, 6.45) is 2.32. The van der Waals surface area contributed by atoms with Crippen molar-refractivity contribution in [3.8, 4) is 5.75 Å². The molecular formula is C15H22N2O2. The van der Waals surface area contributed by atoms with Gasteiger partial charge in [0.25, 0.3) is 0 Å². The van der Waals surface area contributed by atoms with Crippen LogP contribution in [0.4, 0.5) is 0 Å². The van der Waals surface area contributed by atoms with Crippen LogP contribution < -0.4 is 10.1 Å². The third kappa shape index (κ3) is 3.47. The van der Waals surface area contributed by atoms with Crippen LogP contribution in [0.5, 0.6) is 5.75 Å². The van der Waals surface area contributed by atoms with Gasteiger partial charge < -0.3 is 15.0 Å². The molecule has 0 aromatic heterocycles. The van der Waals surface area contributed by atoms with Gasteiger partial charge in [0.05, 0.1) is 7.11 Å². The largest absolute Gasteiger partial charge is 0.496 e. The van der Waals surface area contributed by atoms with Gasteiger partial charge in [-0.1, -0.05) is 18.2 Å². The van der Waals surface area contributed by atoms with Crippen molar-refractivity contribution in [3.05, 3.63) is 29.8 Å². The van der Waals surface area contributed by atoms with E-state index in [4.69, 9.17) is 4.74 Å². The average molecular weight is 262 g/mol. The maximum Gasteiger partial charge on any atom is 0.222 e. The zero-order valence-corrected chi connectivity index (χ0v) is 11.7. The molecule has 2 rings (SSSR count). The van der Waals surface area contributed by atoms with Gasteiger partial charge in [0.1, 0.15) is 5.75 Å². The van der Waals surface area contributed by atoms with Gasteiger partial charge in [-0.05, 0) is 31.0 Å². The van der Waals surface area contributed by atoms with Gasteiger partial charge >= 0.3 is 0 Å². The molecule has 0 spiro atoms. The van der Waals surface area contributed by atoms with E-state index in [1.807, 2.05) is 36.2 Å². The second kappa shape index (κ2) is 6.57. The summed E-state index contributed by atoms with van der Waals surface area (Å²) >= 11 is 0. The maximum absolute atomic E-state index is 12.2. The van der Waals surface area contributed by atoms with E-state index < -0.39 is 0 Å². The van der Waals surface area contributed by atoms with E-state index >= 15 is 0 Å². The number of likely N-dealkylation sites (N-methyl/N-ethyl adjacent to an activating group) is 1. The number of methoxy groups -OCH3 is 1. The van der Waals surface area contributed by atoms with Crippen molar-refractivity contribution in [1.82, 2.24) is 10.2 Å². The number of amides is 1. The SMILES string of the molecule is COc1ccccc1CCC(=O)N(C)C1CCNC1. The van der Waals surface area contributed by atoms with Crippen molar-refractivity contribution >= 4 is 5.91 Å². The second-order valence-electron chi connectivity index (χ2n) is 4.96. The van der Waals surface area contributed by atoms with Gasteiger partial charge in [-0.2, -0.15) is 0 Å². The van der Waals surface area contributed by atoms with E-state index in [1.54, 1.807) is 7.11 Å². The number of hydrogen-bond donors (Lipinski definition) is 1. The molecule has 1 N–H and O–H groups in total.